The molecule has 12 aromatic rings. The molecule has 0 N–H and O–H groups in total. The van der Waals surface area contributed by atoms with Crippen LogP contribution >= 0.6 is 0 Å². The van der Waals surface area contributed by atoms with Crippen molar-refractivity contribution in [3.63, 3.8) is 0 Å². The maximum Gasteiger partial charge on any atom is 0.145 e. The standard InChI is InChI=1S/C52H30N2O/c1-2-11-31(12-3-1)33-15-8-16-34(29-33)53-45-21-6-4-17-37(45)41-25-26-43-49-46(28-27-42-38-18-5-7-22-47(38)55-52(42)49)54(51(43)50(41)53)35-23-24-36-39-19-9-13-32-14-10-20-40(48(32)39)44(36)30-35/h1-30H. The smallest absolute Gasteiger partial charge is 0.145 e. The Morgan fingerprint density at radius 1 is 0.345 bits per heavy atom. The van der Waals surface area contributed by atoms with Gasteiger partial charge in [0, 0.05) is 38.3 Å². The molecule has 0 unspecified atom stereocenters. The van der Waals surface area contributed by atoms with Crippen LogP contribution in [0.1, 0.15) is 0 Å². The fourth-order valence-corrected chi connectivity index (χ4v) is 9.72. The molecule has 0 saturated heterocycles. The lowest BCUT2D eigenvalue weighted by Gasteiger charge is -2.14. The molecular weight excluding hydrogens is 669 g/mol. The normalized spacial score (nSPS) is 12.4. The van der Waals surface area contributed by atoms with Crippen molar-refractivity contribution in [1.29, 1.82) is 0 Å². The first-order chi connectivity index (χ1) is 27.3. The summed E-state index contributed by atoms with van der Waals surface area (Å²) >= 11 is 0. The molecule has 1 aliphatic carbocycles. The summed E-state index contributed by atoms with van der Waals surface area (Å²) in [5.74, 6) is 0. The molecule has 3 aromatic heterocycles. The average molecular weight is 699 g/mol. The van der Waals surface area contributed by atoms with Crippen molar-refractivity contribution < 1.29 is 4.42 Å². The fraction of sp³-hybridized carbons (Fsp3) is 0. The molecule has 0 spiro atoms. The molecule has 13 rings (SSSR count). The monoisotopic (exact) mass is 698 g/mol. The zero-order valence-electron chi connectivity index (χ0n) is 29.6. The van der Waals surface area contributed by atoms with E-state index in [2.05, 4.69) is 191 Å². The van der Waals surface area contributed by atoms with Gasteiger partial charge in [-0.25, -0.2) is 0 Å². The number of nitrogens with zero attached hydrogens (tertiary/aromatic N) is 2. The van der Waals surface area contributed by atoms with Crippen molar-refractivity contribution in [2.24, 2.45) is 0 Å². The molecule has 0 bridgehead atoms. The van der Waals surface area contributed by atoms with E-state index in [9.17, 15) is 0 Å². The molecular formula is C52H30N2O. The highest BCUT2D eigenvalue weighted by molar-refractivity contribution is 6.29. The van der Waals surface area contributed by atoms with Gasteiger partial charge in [0.15, 0.2) is 0 Å². The SMILES string of the molecule is c1ccc(-c2cccc(-n3c4ccccc4c4ccc5c6c7oc8ccccc8c7ccc6n(-c6ccc7c(c6)-c6cccc8cccc-7c68)c5c43)c2)cc1. The van der Waals surface area contributed by atoms with E-state index in [1.54, 1.807) is 0 Å². The summed E-state index contributed by atoms with van der Waals surface area (Å²) in [6, 6.07) is 66.5. The molecule has 0 saturated carbocycles. The van der Waals surface area contributed by atoms with Gasteiger partial charge in [0.1, 0.15) is 11.2 Å². The topological polar surface area (TPSA) is 23.0 Å². The Morgan fingerprint density at radius 3 is 1.91 bits per heavy atom. The van der Waals surface area contributed by atoms with Gasteiger partial charge in [-0.2, -0.15) is 0 Å². The van der Waals surface area contributed by atoms with E-state index in [1.165, 1.54) is 71.3 Å². The minimum Gasteiger partial charge on any atom is -0.455 e. The third-order valence-corrected chi connectivity index (χ3v) is 12.0. The van der Waals surface area contributed by atoms with E-state index in [1.807, 2.05) is 0 Å². The first-order valence-electron chi connectivity index (χ1n) is 18.9. The highest BCUT2D eigenvalue weighted by Crippen LogP contribution is 2.50. The van der Waals surface area contributed by atoms with E-state index in [4.69, 9.17) is 4.42 Å². The summed E-state index contributed by atoms with van der Waals surface area (Å²) in [7, 11) is 0. The fourth-order valence-electron chi connectivity index (χ4n) is 9.72. The quantitative estimate of drug-likeness (QED) is 0.180. The van der Waals surface area contributed by atoms with Gasteiger partial charge in [-0.1, -0.05) is 133 Å². The number of rotatable bonds is 3. The molecule has 0 fully saturated rings. The van der Waals surface area contributed by atoms with E-state index in [-0.39, 0.29) is 0 Å². The Bertz CT molecular complexity index is 3590. The predicted octanol–water partition coefficient (Wildman–Crippen LogP) is 14.2. The van der Waals surface area contributed by atoms with Crippen LogP contribution in [0.2, 0.25) is 0 Å². The molecule has 254 valence electrons. The van der Waals surface area contributed by atoms with Crippen LogP contribution in [-0.4, -0.2) is 9.13 Å². The molecule has 3 nitrogen and oxygen atoms in total. The minimum absolute atomic E-state index is 0.905. The van der Waals surface area contributed by atoms with Gasteiger partial charge in [0.05, 0.1) is 27.5 Å². The van der Waals surface area contributed by atoms with Crippen LogP contribution in [0.15, 0.2) is 186 Å². The molecule has 0 aliphatic heterocycles. The van der Waals surface area contributed by atoms with Crippen LogP contribution in [0.5, 0.6) is 0 Å². The Hall–Kier alpha value is -7.36. The molecule has 3 heteroatoms. The highest BCUT2D eigenvalue weighted by atomic mass is 16.3. The molecule has 0 atom stereocenters. The first kappa shape index (κ1) is 29.1. The van der Waals surface area contributed by atoms with E-state index >= 15 is 0 Å². The van der Waals surface area contributed by atoms with Crippen molar-refractivity contribution in [2.45, 2.75) is 0 Å². The largest absolute Gasteiger partial charge is 0.455 e. The summed E-state index contributed by atoms with van der Waals surface area (Å²) in [6.45, 7) is 0. The molecule has 1 aliphatic rings. The second kappa shape index (κ2) is 10.6. The van der Waals surface area contributed by atoms with Crippen LogP contribution < -0.4 is 0 Å². The number of furan rings is 1. The zero-order chi connectivity index (χ0) is 35.8. The number of para-hydroxylation sites is 2. The van der Waals surface area contributed by atoms with Crippen LogP contribution in [0.25, 0.3) is 121 Å². The maximum atomic E-state index is 6.81. The lowest BCUT2D eigenvalue weighted by atomic mass is 10.0. The van der Waals surface area contributed by atoms with Gasteiger partial charge in [-0.15, -0.1) is 0 Å². The second-order valence-corrected chi connectivity index (χ2v) is 14.8. The van der Waals surface area contributed by atoms with Crippen LogP contribution in [0.4, 0.5) is 0 Å². The van der Waals surface area contributed by atoms with Gasteiger partial charge >= 0.3 is 0 Å². The van der Waals surface area contributed by atoms with Crippen molar-refractivity contribution in [3.8, 4) is 44.8 Å². The van der Waals surface area contributed by atoms with Crippen molar-refractivity contribution >= 4 is 76.3 Å². The van der Waals surface area contributed by atoms with E-state index < -0.39 is 0 Å². The molecule has 55 heavy (non-hydrogen) atoms. The van der Waals surface area contributed by atoms with E-state index in [0.29, 0.717) is 0 Å². The van der Waals surface area contributed by atoms with Crippen LogP contribution in [0, 0.1) is 0 Å². The first-order valence-corrected chi connectivity index (χ1v) is 18.9. The molecule has 3 heterocycles. The van der Waals surface area contributed by atoms with Gasteiger partial charge in [-0.05, 0) is 92.7 Å². The highest BCUT2D eigenvalue weighted by Gasteiger charge is 2.26. The number of fused-ring (bicyclic) bond motifs is 14. The third-order valence-electron chi connectivity index (χ3n) is 12.0. The maximum absolute atomic E-state index is 6.81. The summed E-state index contributed by atoms with van der Waals surface area (Å²) < 4.78 is 11.8. The van der Waals surface area contributed by atoms with Crippen molar-refractivity contribution in [3.05, 3.63) is 182 Å². The third kappa shape index (κ3) is 3.84. The lowest BCUT2D eigenvalue weighted by Crippen LogP contribution is -1.99. The van der Waals surface area contributed by atoms with E-state index in [0.717, 1.165) is 49.7 Å². The minimum atomic E-state index is 0.905. The Labute approximate surface area is 315 Å². The van der Waals surface area contributed by atoms with Gasteiger partial charge in [0.25, 0.3) is 0 Å². The molecule has 0 radical (unpaired) electrons. The van der Waals surface area contributed by atoms with Crippen LogP contribution in [-0.2, 0) is 0 Å². The Balaban J connectivity index is 1.21. The summed E-state index contributed by atoms with van der Waals surface area (Å²) in [6.07, 6.45) is 0. The average Bonchev–Trinajstić information content (AvgIpc) is 3.98. The molecule has 0 amide bonds. The van der Waals surface area contributed by atoms with Gasteiger partial charge < -0.3 is 13.6 Å². The number of hydrogen-bond acceptors (Lipinski definition) is 1. The Kier molecular flexibility index (Phi) is 5.63. The summed E-state index contributed by atoms with van der Waals surface area (Å²) in [5.41, 5.74) is 16.3. The predicted molar refractivity (Wildman–Crippen MR) is 230 cm³/mol. The summed E-state index contributed by atoms with van der Waals surface area (Å²) in [5, 5.41) is 9.63. The van der Waals surface area contributed by atoms with Crippen LogP contribution in [0.3, 0.4) is 0 Å². The van der Waals surface area contributed by atoms with Gasteiger partial charge in [-0.3, -0.25) is 0 Å². The number of benzene rings is 9. The number of aromatic nitrogens is 2. The van der Waals surface area contributed by atoms with Crippen molar-refractivity contribution in [1.82, 2.24) is 9.13 Å². The van der Waals surface area contributed by atoms with Gasteiger partial charge in [0.2, 0.25) is 0 Å². The Morgan fingerprint density at radius 2 is 1.02 bits per heavy atom. The second-order valence-electron chi connectivity index (χ2n) is 14.8. The molecule has 9 aromatic carbocycles. The lowest BCUT2D eigenvalue weighted by molar-refractivity contribution is 0.673. The summed E-state index contributed by atoms with van der Waals surface area (Å²) in [4.78, 5) is 0. The van der Waals surface area contributed by atoms with Crippen molar-refractivity contribution in [2.75, 3.05) is 0 Å². The number of hydrogen-bond donors (Lipinski definition) is 0. The zero-order valence-corrected chi connectivity index (χ0v) is 29.6.